The van der Waals surface area contributed by atoms with Crippen molar-refractivity contribution in [3.63, 3.8) is 0 Å². The van der Waals surface area contributed by atoms with Crippen LogP contribution < -0.4 is 5.32 Å². The van der Waals surface area contributed by atoms with E-state index in [1.165, 1.54) is 12.1 Å². The highest BCUT2D eigenvalue weighted by molar-refractivity contribution is 6.30. The first-order valence-corrected chi connectivity index (χ1v) is 5.99. The fraction of sp³-hybridized carbons (Fsp3) is 0.0714. The van der Waals surface area contributed by atoms with Gasteiger partial charge in [-0.15, -0.1) is 0 Å². The van der Waals surface area contributed by atoms with E-state index in [9.17, 15) is 9.90 Å². The zero-order valence-corrected chi connectivity index (χ0v) is 10.7. The summed E-state index contributed by atoms with van der Waals surface area (Å²) in [5, 5.41) is 22.2. The Hall–Kier alpha value is -2.20. The van der Waals surface area contributed by atoms with Gasteiger partial charge in [0.2, 0.25) is 0 Å². The highest BCUT2D eigenvalue weighted by atomic mass is 35.5. The Balaban J connectivity index is 2.19. The van der Waals surface area contributed by atoms with Gasteiger partial charge in [0.1, 0.15) is 5.75 Å². The normalized spacial score (nSPS) is 10.2. The molecule has 0 radical (unpaired) electrons. The molecule has 0 aliphatic carbocycles. The van der Waals surface area contributed by atoms with Crippen molar-refractivity contribution < 1.29 is 15.0 Å². The molecule has 98 valence electrons. The number of carboxylic acid groups (broad SMARTS) is 1. The van der Waals surface area contributed by atoms with Crippen LogP contribution in [-0.2, 0) is 6.54 Å². The number of carboxylic acids is 1. The van der Waals surface area contributed by atoms with Crippen LogP contribution in [0.15, 0.2) is 42.5 Å². The average Bonchev–Trinajstić information content (AvgIpc) is 2.40. The lowest BCUT2D eigenvalue weighted by Crippen LogP contribution is -2.06. The van der Waals surface area contributed by atoms with Crippen molar-refractivity contribution in [1.29, 1.82) is 0 Å². The maximum absolute atomic E-state index is 11.0. The summed E-state index contributed by atoms with van der Waals surface area (Å²) < 4.78 is 0. The van der Waals surface area contributed by atoms with Crippen molar-refractivity contribution >= 4 is 23.3 Å². The topological polar surface area (TPSA) is 69.6 Å². The molecule has 4 nitrogen and oxygen atoms in total. The number of rotatable bonds is 4. The molecular formula is C14H12ClNO3. The summed E-state index contributed by atoms with van der Waals surface area (Å²) in [5.41, 5.74) is 1.28. The number of phenolic OH excluding ortho intramolecular Hbond substituents is 1. The van der Waals surface area contributed by atoms with Gasteiger partial charge in [0.05, 0.1) is 5.56 Å². The van der Waals surface area contributed by atoms with Gasteiger partial charge in [-0.1, -0.05) is 23.7 Å². The number of hydrogen-bond acceptors (Lipinski definition) is 3. The summed E-state index contributed by atoms with van der Waals surface area (Å²) in [7, 11) is 0. The van der Waals surface area contributed by atoms with Crippen molar-refractivity contribution in [3.8, 4) is 5.75 Å². The number of benzene rings is 2. The van der Waals surface area contributed by atoms with E-state index in [1.807, 2.05) is 0 Å². The fourth-order valence-electron chi connectivity index (χ4n) is 1.71. The lowest BCUT2D eigenvalue weighted by Gasteiger charge is -2.10. The molecule has 0 saturated heterocycles. The van der Waals surface area contributed by atoms with Crippen LogP contribution in [0, 0.1) is 0 Å². The van der Waals surface area contributed by atoms with Crippen LogP contribution in [0.2, 0.25) is 5.02 Å². The number of para-hydroxylation sites is 1. The third-order valence-corrected chi connectivity index (χ3v) is 2.90. The standard InChI is InChI=1S/C14H12ClNO3/c15-10-5-6-13(17)9(7-10)8-16-12-4-2-1-3-11(12)14(18)19/h1-7,16-17H,8H2,(H,18,19). The molecule has 2 rings (SSSR count). The van der Waals surface area contributed by atoms with E-state index in [4.69, 9.17) is 16.7 Å². The monoisotopic (exact) mass is 277 g/mol. The number of phenols is 1. The maximum atomic E-state index is 11.0. The zero-order valence-electron chi connectivity index (χ0n) is 9.93. The number of aromatic hydroxyl groups is 1. The van der Waals surface area contributed by atoms with E-state index >= 15 is 0 Å². The molecule has 0 saturated carbocycles. The van der Waals surface area contributed by atoms with Crippen molar-refractivity contribution in [2.45, 2.75) is 6.54 Å². The molecule has 0 fully saturated rings. The maximum Gasteiger partial charge on any atom is 0.337 e. The molecule has 0 aliphatic heterocycles. The first-order valence-electron chi connectivity index (χ1n) is 5.61. The molecule has 0 atom stereocenters. The summed E-state index contributed by atoms with van der Waals surface area (Å²) in [6.07, 6.45) is 0. The van der Waals surface area contributed by atoms with Crippen LogP contribution in [0.5, 0.6) is 5.75 Å². The number of nitrogens with one attached hydrogen (secondary N) is 1. The number of hydrogen-bond donors (Lipinski definition) is 3. The van der Waals surface area contributed by atoms with E-state index < -0.39 is 5.97 Å². The molecule has 0 heterocycles. The molecule has 3 N–H and O–H groups in total. The molecule has 0 spiro atoms. The highest BCUT2D eigenvalue weighted by Gasteiger charge is 2.09. The Labute approximate surface area is 115 Å². The Morgan fingerprint density at radius 2 is 1.95 bits per heavy atom. The summed E-state index contributed by atoms with van der Waals surface area (Å²) in [6.45, 7) is 0.288. The third kappa shape index (κ3) is 3.17. The minimum absolute atomic E-state index is 0.115. The minimum Gasteiger partial charge on any atom is -0.508 e. The first kappa shape index (κ1) is 13.2. The molecule has 2 aromatic rings. The van der Waals surface area contributed by atoms with E-state index in [-0.39, 0.29) is 17.9 Å². The Morgan fingerprint density at radius 1 is 1.21 bits per heavy atom. The van der Waals surface area contributed by atoms with E-state index in [1.54, 1.807) is 30.3 Å². The van der Waals surface area contributed by atoms with Crippen LogP contribution in [0.4, 0.5) is 5.69 Å². The van der Waals surface area contributed by atoms with Gasteiger partial charge in [-0.05, 0) is 30.3 Å². The molecule has 0 bridgehead atoms. The van der Waals surface area contributed by atoms with E-state index in [2.05, 4.69) is 5.32 Å². The first-order chi connectivity index (χ1) is 9.08. The summed E-state index contributed by atoms with van der Waals surface area (Å²) >= 11 is 5.85. The highest BCUT2D eigenvalue weighted by Crippen LogP contribution is 2.23. The summed E-state index contributed by atoms with van der Waals surface area (Å²) in [4.78, 5) is 11.0. The van der Waals surface area contributed by atoms with Gasteiger partial charge >= 0.3 is 5.97 Å². The second-order valence-corrected chi connectivity index (χ2v) is 4.41. The SMILES string of the molecule is O=C(O)c1ccccc1NCc1cc(Cl)ccc1O. The largest absolute Gasteiger partial charge is 0.508 e. The zero-order chi connectivity index (χ0) is 13.8. The predicted molar refractivity (Wildman–Crippen MR) is 73.8 cm³/mol. The lowest BCUT2D eigenvalue weighted by atomic mass is 10.1. The van der Waals surface area contributed by atoms with Crippen LogP contribution in [0.25, 0.3) is 0 Å². The van der Waals surface area contributed by atoms with E-state index in [0.29, 0.717) is 16.3 Å². The molecule has 0 aliphatic rings. The fourth-order valence-corrected chi connectivity index (χ4v) is 1.90. The number of carbonyl (C=O) groups is 1. The minimum atomic E-state index is -1.00. The van der Waals surface area contributed by atoms with Crippen LogP contribution >= 0.6 is 11.6 Å². The molecule has 5 heteroatoms. The lowest BCUT2D eigenvalue weighted by molar-refractivity contribution is 0.0698. The van der Waals surface area contributed by atoms with Gasteiger partial charge in [-0.2, -0.15) is 0 Å². The smallest absolute Gasteiger partial charge is 0.337 e. The van der Waals surface area contributed by atoms with Crippen molar-refractivity contribution in [3.05, 3.63) is 58.6 Å². The van der Waals surface area contributed by atoms with Gasteiger partial charge in [-0.3, -0.25) is 0 Å². The molecule has 2 aromatic carbocycles. The van der Waals surface area contributed by atoms with Crippen molar-refractivity contribution in [2.75, 3.05) is 5.32 Å². The second kappa shape index (κ2) is 5.63. The second-order valence-electron chi connectivity index (χ2n) is 3.98. The van der Waals surface area contributed by atoms with Crippen LogP contribution in [0.1, 0.15) is 15.9 Å². The van der Waals surface area contributed by atoms with Crippen molar-refractivity contribution in [2.24, 2.45) is 0 Å². The Bertz CT molecular complexity index is 613. The average molecular weight is 278 g/mol. The predicted octanol–water partition coefficient (Wildman–Crippen LogP) is 3.36. The molecule has 0 unspecified atom stereocenters. The van der Waals surface area contributed by atoms with Gasteiger partial charge < -0.3 is 15.5 Å². The van der Waals surface area contributed by atoms with E-state index in [0.717, 1.165) is 0 Å². The molecule has 19 heavy (non-hydrogen) atoms. The van der Waals surface area contributed by atoms with Crippen LogP contribution in [-0.4, -0.2) is 16.2 Å². The number of aromatic carboxylic acids is 1. The third-order valence-electron chi connectivity index (χ3n) is 2.67. The number of anilines is 1. The summed E-state index contributed by atoms with van der Waals surface area (Å²) in [6, 6.07) is 11.3. The van der Waals surface area contributed by atoms with Gasteiger partial charge in [0.25, 0.3) is 0 Å². The summed E-state index contributed by atoms with van der Waals surface area (Å²) in [5.74, 6) is -0.886. The Morgan fingerprint density at radius 3 is 2.68 bits per heavy atom. The van der Waals surface area contributed by atoms with Gasteiger partial charge in [0, 0.05) is 22.8 Å². The quantitative estimate of drug-likeness (QED) is 0.801. The number of halogens is 1. The Kier molecular flexibility index (Phi) is 3.92. The molecule has 0 amide bonds. The molecule has 0 aromatic heterocycles. The molecular weight excluding hydrogens is 266 g/mol. The van der Waals surface area contributed by atoms with Crippen LogP contribution in [0.3, 0.4) is 0 Å². The van der Waals surface area contributed by atoms with Crippen molar-refractivity contribution in [1.82, 2.24) is 0 Å². The van der Waals surface area contributed by atoms with Gasteiger partial charge in [-0.25, -0.2) is 4.79 Å². The van der Waals surface area contributed by atoms with Gasteiger partial charge in [0.15, 0.2) is 0 Å².